The molecule has 0 aliphatic carbocycles. The fraction of sp³-hybridized carbons (Fsp3) is 0.308. The number of non-ortho nitro benzene ring substituents is 1. The van der Waals surface area contributed by atoms with E-state index in [0.29, 0.717) is 17.6 Å². The first-order valence-electron chi connectivity index (χ1n) is 6.21. The highest BCUT2D eigenvalue weighted by atomic mass is 19.3. The van der Waals surface area contributed by atoms with Gasteiger partial charge in [0.2, 0.25) is 0 Å². The summed E-state index contributed by atoms with van der Waals surface area (Å²) in [6.07, 6.45) is -1.04. The smallest absolute Gasteiger partial charge is 0.295 e. The van der Waals surface area contributed by atoms with Gasteiger partial charge in [0.25, 0.3) is 12.1 Å². The van der Waals surface area contributed by atoms with Crippen LogP contribution < -0.4 is 5.32 Å². The van der Waals surface area contributed by atoms with E-state index in [1.165, 1.54) is 12.3 Å². The standard InChI is InChI=1S/C13H13F2N3O3/c14-12(15)8-21-7-6-16-10-4-5-17-13-9(10)2-1-3-11(13)18(19)20/h1-5,12H,6-8H2,(H,16,17). The maximum atomic E-state index is 11.9. The average Bonchev–Trinajstić information content (AvgIpc) is 2.46. The van der Waals surface area contributed by atoms with Gasteiger partial charge in [-0.15, -0.1) is 0 Å². The van der Waals surface area contributed by atoms with Crippen molar-refractivity contribution in [1.29, 1.82) is 0 Å². The number of ether oxygens (including phenoxy) is 1. The number of halogens is 2. The van der Waals surface area contributed by atoms with Crippen LogP contribution in [-0.4, -0.2) is 36.1 Å². The van der Waals surface area contributed by atoms with Gasteiger partial charge in [-0.3, -0.25) is 10.1 Å². The fourth-order valence-corrected chi connectivity index (χ4v) is 1.89. The molecule has 1 aromatic carbocycles. The Morgan fingerprint density at radius 2 is 2.19 bits per heavy atom. The largest absolute Gasteiger partial charge is 0.382 e. The van der Waals surface area contributed by atoms with Crippen molar-refractivity contribution in [2.75, 3.05) is 25.1 Å². The van der Waals surface area contributed by atoms with E-state index in [9.17, 15) is 18.9 Å². The summed E-state index contributed by atoms with van der Waals surface area (Å²) in [5.41, 5.74) is 0.843. The molecule has 0 aliphatic heterocycles. The van der Waals surface area contributed by atoms with E-state index < -0.39 is 18.0 Å². The van der Waals surface area contributed by atoms with Crippen LogP contribution in [0.5, 0.6) is 0 Å². The summed E-state index contributed by atoms with van der Waals surface area (Å²) in [5, 5.41) is 14.5. The van der Waals surface area contributed by atoms with Crippen molar-refractivity contribution in [3.05, 3.63) is 40.6 Å². The number of benzene rings is 1. The van der Waals surface area contributed by atoms with E-state index in [0.717, 1.165) is 0 Å². The molecule has 6 nitrogen and oxygen atoms in total. The number of hydrogen-bond acceptors (Lipinski definition) is 5. The van der Waals surface area contributed by atoms with Gasteiger partial charge in [0.1, 0.15) is 12.1 Å². The van der Waals surface area contributed by atoms with Crippen molar-refractivity contribution in [1.82, 2.24) is 4.98 Å². The Bertz CT molecular complexity index is 637. The first kappa shape index (κ1) is 15.0. The minimum Gasteiger partial charge on any atom is -0.382 e. The van der Waals surface area contributed by atoms with Crippen LogP contribution in [0.1, 0.15) is 0 Å². The highest BCUT2D eigenvalue weighted by Gasteiger charge is 2.14. The van der Waals surface area contributed by atoms with Gasteiger partial charge in [0, 0.05) is 29.9 Å². The number of nitrogens with zero attached hydrogens (tertiary/aromatic N) is 2. The monoisotopic (exact) mass is 297 g/mol. The van der Waals surface area contributed by atoms with Crippen LogP contribution in [0.2, 0.25) is 0 Å². The summed E-state index contributed by atoms with van der Waals surface area (Å²) in [4.78, 5) is 14.5. The van der Waals surface area contributed by atoms with Gasteiger partial charge in [-0.05, 0) is 6.07 Å². The van der Waals surface area contributed by atoms with Gasteiger partial charge in [0.15, 0.2) is 0 Å². The minimum absolute atomic E-state index is 0.0786. The highest BCUT2D eigenvalue weighted by Crippen LogP contribution is 2.28. The highest BCUT2D eigenvalue weighted by molar-refractivity contribution is 5.96. The third-order valence-corrected chi connectivity index (χ3v) is 2.75. The number of rotatable bonds is 7. The maximum absolute atomic E-state index is 11.9. The second-order valence-corrected chi connectivity index (χ2v) is 4.18. The van der Waals surface area contributed by atoms with Gasteiger partial charge < -0.3 is 10.1 Å². The molecule has 0 bridgehead atoms. The molecule has 0 atom stereocenters. The lowest BCUT2D eigenvalue weighted by Gasteiger charge is -2.09. The van der Waals surface area contributed by atoms with Crippen LogP contribution in [-0.2, 0) is 4.74 Å². The molecule has 21 heavy (non-hydrogen) atoms. The van der Waals surface area contributed by atoms with E-state index in [2.05, 4.69) is 10.3 Å². The number of nitro benzene ring substituents is 1. The predicted octanol–water partition coefficient (Wildman–Crippen LogP) is 2.84. The predicted molar refractivity (Wildman–Crippen MR) is 73.7 cm³/mol. The van der Waals surface area contributed by atoms with E-state index in [1.54, 1.807) is 18.2 Å². The van der Waals surface area contributed by atoms with Gasteiger partial charge in [0.05, 0.1) is 11.5 Å². The number of nitro groups is 1. The molecule has 1 aromatic heterocycles. The fourth-order valence-electron chi connectivity index (χ4n) is 1.89. The molecule has 1 heterocycles. The zero-order chi connectivity index (χ0) is 15.2. The molecule has 2 aromatic rings. The third-order valence-electron chi connectivity index (χ3n) is 2.75. The number of pyridine rings is 1. The van der Waals surface area contributed by atoms with Crippen molar-refractivity contribution >= 4 is 22.3 Å². The molecule has 8 heteroatoms. The van der Waals surface area contributed by atoms with Gasteiger partial charge in [-0.2, -0.15) is 0 Å². The number of nitrogens with one attached hydrogen (secondary N) is 1. The van der Waals surface area contributed by atoms with Crippen molar-refractivity contribution in [3.63, 3.8) is 0 Å². The Hall–Kier alpha value is -2.35. The van der Waals surface area contributed by atoms with Crippen LogP contribution in [0.4, 0.5) is 20.2 Å². The van der Waals surface area contributed by atoms with Crippen LogP contribution >= 0.6 is 0 Å². The Morgan fingerprint density at radius 1 is 1.38 bits per heavy atom. The van der Waals surface area contributed by atoms with E-state index in [1.807, 2.05) is 0 Å². The first-order chi connectivity index (χ1) is 10.1. The topological polar surface area (TPSA) is 77.3 Å². The van der Waals surface area contributed by atoms with Crippen molar-refractivity contribution in [2.24, 2.45) is 0 Å². The summed E-state index contributed by atoms with van der Waals surface area (Å²) in [5.74, 6) is 0. The normalized spacial score (nSPS) is 11.0. The quantitative estimate of drug-likeness (QED) is 0.483. The summed E-state index contributed by atoms with van der Waals surface area (Å²) < 4.78 is 28.5. The second-order valence-electron chi connectivity index (χ2n) is 4.18. The molecular weight excluding hydrogens is 284 g/mol. The Labute approximate surface area is 118 Å². The minimum atomic E-state index is -2.49. The van der Waals surface area contributed by atoms with Crippen LogP contribution in [0.15, 0.2) is 30.5 Å². The van der Waals surface area contributed by atoms with Crippen molar-refractivity contribution in [2.45, 2.75) is 6.43 Å². The van der Waals surface area contributed by atoms with Gasteiger partial charge >= 0.3 is 0 Å². The molecule has 2 rings (SSSR count). The average molecular weight is 297 g/mol. The molecule has 0 saturated carbocycles. The lowest BCUT2D eigenvalue weighted by molar-refractivity contribution is -0.383. The van der Waals surface area contributed by atoms with Crippen molar-refractivity contribution < 1.29 is 18.4 Å². The summed E-state index contributed by atoms with van der Waals surface area (Å²) in [6.45, 7) is -0.179. The lowest BCUT2D eigenvalue weighted by atomic mass is 10.1. The van der Waals surface area contributed by atoms with E-state index >= 15 is 0 Å². The number of anilines is 1. The molecule has 0 unspecified atom stereocenters. The molecule has 0 saturated heterocycles. The Morgan fingerprint density at radius 3 is 2.90 bits per heavy atom. The lowest BCUT2D eigenvalue weighted by Crippen LogP contribution is -2.13. The number of fused-ring (bicyclic) bond motifs is 1. The number of hydrogen-bond donors (Lipinski definition) is 1. The molecule has 0 spiro atoms. The molecular formula is C13H13F2N3O3. The van der Waals surface area contributed by atoms with Crippen LogP contribution in [0.3, 0.4) is 0 Å². The van der Waals surface area contributed by atoms with Gasteiger partial charge in [-0.25, -0.2) is 13.8 Å². The number of alkyl halides is 2. The van der Waals surface area contributed by atoms with Gasteiger partial charge in [-0.1, -0.05) is 12.1 Å². The molecule has 0 fully saturated rings. The van der Waals surface area contributed by atoms with Crippen LogP contribution in [0, 0.1) is 10.1 Å². The Balaban J connectivity index is 2.10. The molecule has 0 aliphatic rings. The summed E-state index contributed by atoms with van der Waals surface area (Å²) in [6, 6.07) is 6.32. The zero-order valence-corrected chi connectivity index (χ0v) is 11.0. The maximum Gasteiger partial charge on any atom is 0.295 e. The third kappa shape index (κ3) is 3.82. The second kappa shape index (κ2) is 6.89. The summed E-state index contributed by atoms with van der Waals surface area (Å²) in [7, 11) is 0. The Kier molecular flexibility index (Phi) is 4.94. The van der Waals surface area contributed by atoms with Crippen molar-refractivity contribution in [3.8, 4) is 0 Å². The SMILES string of the molecule is O=[N+]([O-])c1cccc2c(NCCOCC(F)F)ccnc12. The number of aromatic nitrogens is 1. The van der Waals surface area contributed by atoms with E-state index in [4.69, 9.17) is 4.74 Å². The number of para-hydroxylation sites is 1. The molecule has 1 N–H and O–H groups in total. The first-order valence-corrected chi connectivity index (χ1v) is 6.21. The molecule has 0 amide bonds. The van der Waals surface area contributed by atoms with E-state index in [-0.39, 0.29) is 17.8 Å². The molecule has 112 valence electrons. The van der Waals surface area contributed by atoms with Crippen LogP contribution in [0.25, 0.3) is 10.9 Å². The molecule has 0 radical (unpaired) electrons. The zero-order valence-electron chi connectivity index (χ0n) is 11.0. The summed E-state index contributed by atoms with van der Waals surface area (Å²) >= 11 is 0.